The van der Waals surface area contributed by atoms with E-state index in [1.807, 2.05) is 0 Å². The Balaban J connectivity index is 4.33. The first kappa shape index (κ1) is 12.5. The van der Waals surface area contributed by atoms with Crippen LogP contribution in [0.15, 0.2) is 12.3 Å². The Morgan fingerprint density at radius 1 is 1.15 bits per heavy atom. The second-order valence-corrected chi connectivity index (χ2v) is 4.87. The summed E-state index contributed by atoms with van der Waals surface area (Å²) in [5, 5.41) is 0. The Kier molecular flexibility index (Phi) is 5.12. The SMILES string of the molecule is C=C(C(CC(C)C)C(C)C)N(C)C. The predicted molar refractivity (Wildman–Crippen MR) is 60.6 cm³/mol. The Labute approximate surface area is 83.8 Å². The zero-order chi connectivity index (χ0) is 10.6. The van der Waals surface area contributed by atoms with E-state index in [1.54, 1.807) is 0 Å². The smallest absolute Gasteiger partial charge is 0.00886 e. The zero-order valence-electron chi connectivity index (χ0n) is 10.1. The van der Waals surface area contributed by atoms with Crippen LogP contribution in [0.4, 0.5) is 0 Å². The van der Waals surface area contributed by atoms with Gasteiger partial charge in [0.1, 0.15) is 0 Å². The maximum Gasteiger partial charge on any atom is 0.00886 e. The number of allylic oxidation sites excluding steroid dienone is 1. The van der Waals surface area contributed by atoms with Crippen molar-refractivity contribution in [2.75, 3.05) is 14.1 Å². The summed E-state index contributed by atoms with van der Waals surface area (Å²) in [7, 11) is 4.16. The maximum absolute atomic E-state index is 4.15. The fraction of sp³-hybridized carbons (Fsp3) is 0.833. The van der Waals surface area contributed by atoms with E-state index < -0.39 is 0 Å². The highest BCUT2D eigenvalue weighted by Crippen LogP contribution is 2.27. The molecule has 1 heteroatoms. The molecule has 0 radical (unpaired) electrons. The molecule has 1 nitrogen and oxygen atoms in total. The normalized spacial score (nSPS) is 13.5. The average Bonchev–Trinajstić information content (AvgIpc) is 1.97. The highest BCUT2D eigenvalue weighted by atomic mass is 15.1. The molecule has 0 rings (SSSR count). The fourth-order valence-electron chi connectivity index (χ4n) is 1.63. The van der Waals surface area contributed by atoms with Crippen LogP contribution in [0, 0.1) is 17.8 Å². The van der Waals surface area contributed by atoms with E-state index in [2.05, 4.69) is 53.3 Å². The minimum Gasteiger partial charge on any atom is -0.381 e. The van der Waals surface area contributed by atoms with E-state index >= 15 is 0 Å². The molecule has 0 aromatic carbocycles. The summed E-state index contributed by atoms with van der Waals surface area (Å²) in [6.45, 7) is 13.3. The van der Waals surface area contributed by atoms with Crippen LogP contribution in [-0.4, -0.2) is 19.0 Å². The van der Waals surface area contributed by atoms with Crippen molar-refractivity contribution < 1.29 is 0 Å². The molecular weight excluding hydrogens is 158 g/mol. The Bertz CT molecular complexity index is 157. The first-order chi connectivity index (χ1) is 5.86. The minimum absolute atomic E-state index is 0.634. The summed E-state index contributed by atoms with van der Waals surface area (Å²) in [5.74, 6) is 2.08. The van der Waals surface area contributed by atoms with Crippen LogP contribution in [0.1, 0.15) is 34.1 Å². The summed E-state index contributed by atoms with van der Waals surface area (Å²) in [6, 6.07) is 0. The fourth-order valence-corrected chi connectivity index (χ4v) is 1.63. The standard InChI is InChI=1S/C12H25N/c1-9(2)8-12(10(3)4)11(5)13(6)7/h9-10,12H,5,8H2,1-4,6-7H3. The molecule has 0 bridgehead atoms. The molecule has 0 N–H and O–H groups in total. The number of hydrogen-bond acceptors (Lipinski definition) is 1. The second-order valence-electron chi connectivity index (χ2n) is 4.87. The van der Waals surface area contributed by atoms with Crippen molar-refractivity contribution in [1.29, 1.82) is 0 Å². The average molecular weight is 183 g/mol. The molecule has 13 heavy (non-hydrogen) atoms. The molecule has 0 saturated heterocycles. The molecule has 78 valence electrons. The van der Waals surface area contributed by atoms with Crippen molar-refractivity contribution in [3.63, 3.8) is 0 Å². The molecule has 0 aliphatic heterocycles. The lowest BCUT2D eigenvalue weighted by atomic mass is 9.85. The third-order valence-corrected chi connectivity index (χ3v) is 2.53. The summed E-state index contributed by atoms with van der Waals surface area (Å²) < 4.78 is 0. The lowest BCUT2D eigenvalue weighted by Gasteiger charge is -2.29. The van der Waals surface area contributed by atoms with Gasteiger partial charge in [0.05, 0.1) is 0 Å². The predicted octanol–water partition coefficient (Wildman–Crippen LogP) is 3.38. The van der Waals surface area contributed by atoms with E-state index in [1.165, 1.54) is 12.1 Å². The lowest BCUT2D eigenvalue weighted by molar-refractivity contribution is 0.301. The van der Waals surface area contributed by atoms with E-state index in [9.17, 15) is 0 Å². The molecule has 1 atom stereocenters. The topological polar surface area (TPSA) is 3.24 Å². The molecule has 1 unspecified atom stereocenters. The monoisotopic (exact) mass is 183 g/mol. The number of hydrogen-bond donors (Lipinski definition) is 0. The van der Waals surface area contributed by atoms with Gasteiger partial charge in [-0.05, 0) is 18.3 Å². The van der Waals surface area contributed by atoms with Gasteiger partial charge in [-0.2, -0.15) is 0 Å². The van der Waals surface area contributed by atoms with Crippen molar-refractivity contribution in [3.8, 4) is 0 Å². The third kappa shape index (κ3) is 4.35. The number of nitrogens with zero attached hydrogens (tertiary/aromatic N) is 1. The van der Waals surface area contributed by atoms with Gasteiger partial charge in [0, 0.05) is 25.7 Å². The maximum atomic E-state index is 4.15. The van der Waals surface area contributed by atoms with Crippen LogP contribution in [0.3, 0.4) is 0 Å². The molecule has 0 aromatic heterocycles. The second kappa shape index (κ2) is 5.31. The van der Waals surface area contributed by atoms with Crippen molar-refractivity contribution in [3.05, 3.63) is 12.3 Å². The summed E-state index contributed by atoms with van der Waals surface area (Å²) in [4.78, 5) is 2.15. The quantitative estimate of drug-likeness (QED) is 0.631. The Morgan fingerprint density at radius 2 is 1.62 bits per heavy atom. The van der Waals surface area contributed by atoms with Crippen LogP contribution in [0.5, 0.6) is 0 Å². The van der Waals surface area contributed by atoms with E-state index in [4.69, 9.17) is 0 Å². The number of rotatable bonds is 5. The molecule has 0 aliphatic rings. The van der Waals surface area contributed by atoms with Gasteiger partial charge in [0.25, 0.3) is 0 Å². The van der Waals surface area contributed by atoms with Gasteiger partial charge in [-0.15, -0.1) is 0 Å². The largest absolute Gasteiger partial charge is 0.381 e. The van der Waals surface area contributed by atoms with E-state index in [-0.39, 0.29) is 0 Å². The van der Waals surface area contributed by atoms with Crippen molar-refractivity contribution in [2.24, 2.45) is 17.8 Å². The van der Waals surface area contributed by atoms with Gasteiger partial charge in [-0.25, -0.2) is 0 Å². The molecule has 0 spiro atoms. The van der Waals surface area contributed by atoms with Crippen LogP contribution in [-0.2, 0) is 0 Å². The van der Waals surface area contributed by atoms with E-state index in [0.717, 1.165) is 5.92 Å². The first-order valence-electron chi connectivity index (χ1n) is 5.22. The van der Waals surface area contributed by atoms with Crippen molar-refractivity contribution in [2.45, 2.75) is 34.1 Å². The molecule has 0 aromatic rings. The molecular formula is C12H25N. The van der Waals surface area contributed by atoms with Gasteiger partial charge < -0.3 is 4.90 Å². The Morgan fingerprint density at radius 3 is 1.85 bits per heavy atom. The minimum atomic E-state index is 0.634. The molecule has 0 saturated carbocycles. The molecule has 0 amide bonds. The van der Waals surface area contributed by atoms with Crippen molar-refractivity contribution in [1.82, 2.24) is 4.90 Å². The zero-order valence-corrected chi connectivity index (χ0v) is 10.1. The van der Waals surface area contributed by atoms with Crippen molar-refractivity contribution >= 4 is 0 Å². The summed E-state index contributed by atoms with van der Waals surface area (Å²) in [5.41, 5.74) is 1.27. The summed E-state index contributed by atoms with van der Waals surface area (Å²) in [6.07, 6.45) is 1.24. The molecule has 0 aliphatic carbocycles. The highest BCUT2D eigenvalue weighted by Gasteiger charge is 2.19. The van der Waals surface area contributed by atoms with E-state index in [0.29, 0.717) is 11.8 Å². The lowest BCUT2D eigenvalue weighted by Crippen LogP contribution is -2.23. The molecule has 0 heterocycles. The van der Waals surface area contributed by atoms with Crippen LogP contribution in [0.2, 0.25) is 0 Å². The van der Waals surface area contributed by atoms with Gasteiger partial charge in [0.15, 0.2) is 0 Å². The Hall–Kier alpha value is -0.460. The van der Waals surface area contributed by atoms with Crippen LogP contribution in [0.25, 0.3) is 0 Å². The van der Waals surface area contributed by atoms with Gasteiger partial charge in [0.2, 0.25) is 0 Å². The van der Waals surface area contributed by atoms with Crippen LogP contribution < -0.4 is 0 Å². The van der Waals surface area contributed by atoms with Crippen LogP contribution >= 0.6 is 0 Å². The van der Waals surface area contributed by atoms with Gasteiger partial charge in [-0.1, -0.05) is 34.3 Å². The third-order valence-electron chi connectivity index (χ3n) is 2.53. The summed E-state index contributed by atoms with van der Waals surface area (Å²) >= 11 is 0. The molecule has 0 fully saturated rings. The van der Waals surface area contributed by atoms with Gasteiger partial charge in [-0.3, -0.25) is 0 Å². The van der Waals surface area contributed by atoms with Gasteiger partial charge >= 0.3 is 0 Å². The first-order valence-corrected chi connectivity index (χ1v) is 5.22. The highest BCUT2D eigenvalue weighted by molar-refractivity contribution is 4.99.